The molecule has 2 aromatic carbocycles. The van der Waals surface area contributed by atoms with E-state index in [4.69, 9.17) is 24.0 Å². The molecule has 1 atom stereocenters. The minimum absolute atomic E-state index is 0.0636. The van der Waals surface area contributed by atoms with E-state index in [2.05, 4.69) is 20.2 Å². The highest BCUT2D eigenvalue weighted by molar-refractivity contribution is 7.98. The molecule has 216 valence electrons. The van der Waals surface area contributed by atoms with E-state index in [1.807, 2.05) is 37.3 Å². The standard InChI is InChI=1S/C29H34N6O5S/c1-18-13-25(35-28(30-18)32-29(33-35)41-17-19-8-10-22(37-2)11-9-19)34-12-6-7-21(16-34)31-27(36)20-14-23(38-3)26(40-5)24(15-20)39-4/h8-11,13-15,21H,6-7,12,16-17H2,1-5H3,(H,31,36). The van der Waals surface area contributed by atoms with Gasteiger partial charge in [-0.3, -0.25) is 4.79 Å². The van der Waals surface area contributed by atoms with Crippen LogP contribution in [-0.2, 0) is 5.75 Å². The van der Waals surface area contributed by atoms with Crippen molar-refractivity contribution in [2.45, 2.75) is 36.7 Å². The molecule has 4 aromatic rings. The van der Waals surface area contributed by atoms with Crippen LogP contribution in [0, 0.1) is 6.92 Å². The number of methoxy groups -OCH3 is 4. The lowest BCUT2D eigenvalue weighted by atomic mass is 10.0. The molecule has 0 bridgehead atoms. The Balaban J connectivity index is 1.31. The number of ether oxygens (including phenoxy) is 4. The minimum atomic E-state index is -0.204. The number of anilines is 1. The zero-order chi connectivity index (χ0) is 28.9. The molecule has 0 radical (unpaired) electrons. The lowest BCUT2D eigenvalue weighted by Gasteiger charge is -2.34. The van der Waals surface area contributed by atoms with Crippen LogP contribution in [0.2, 0.25) is 0 Å². The maximum absolute atomic E-state index is 13.3. The van der Waals surface area contributed by atoms with E-state index in [1.165, 1.54) is 21.3 Å². The maximum atomic E-state index is 13.3. The summed E-state index contributed by atoms with van der Waals surface area (Å²) in [6.07, 6.45) is 1.77. The Morgan fingerprint density at radius 1 is 1.00 bits per heavy atom. The van der Waals surface area contributed by atoms with Gasteiger partial charge in [-0.25, -0.2) is 4.98 Å². The third-order valence-corrected chi connectivity index (χ3v) is 7.85. The highest BCUT2D eigenvalue weighted by atomic mass is 32.2. The smallest absolute Gasteiger partial charge is 0.255 e. The number of nitrogens with zero attached hydrogens (tertiary/aromatic N) is 5. The normalized spacial score (nSPS) is 15.0. The number of benzene rings is 2. The highest BCUT2D eigenvalue weighted by Gasteiger charge is 2.26. The molecule has 0 spiro atoms. The first-order valence-electron chi connectivity index (χ1n) is 13.3. The number of nitrogens with one attached hydrogen (secondary N) is 1. The van der Waals surface area contributed by atoms with Gasteiger partial charge in [-0.2, -0.15) is 9.50 Å². The number of aryl methyl sites for hydroxylation is 1. The molecule has 1 saturated heterocycles. The van der Waals surface area contributed by atoms with Gasteiger partial charge < -0.3 is 29.2 Å². The number of hydrogen-bond donors (Lipinski definition) is 1. The maximum Gasteiger partial charge on any atom is 0.255 e. The van der Waals surface area contributed by atoms with Gasteiger partial charge in [0, 0.05) is 42.2 Å². The lowest BCUT2D eigenvalue weighted by Crippen LogP contribution is -2.48. The summed E-state index contributed by atoms with van der Waals surface area (Å²) in [6, 6.07) is 13.2. The van der Waals surface area contributed by atoms with E-state index in [0.717, 1.165) is 48.0 Å². The molecule has 0 aliphatic carbocycles. The van der Waals surface area contributed by atoms with Crippen molar-refractivity contribution in [3.63, 3.8) is 0 Å². The number of aromatic nitrogens is 4. The fraction of sp³-hybridized carbons (Fsp3) is 0.379. The van der Waals surface area contributed by atoms with Crippen molar-refractivity contribution in [2.24, 2.45) is 0 Å². The minimum Gasteiger partial charge on any atom is -0.497 e. The van der Waals surface area contributed by atoms with Gasteiger partial charge in [-0.05, 0) is 49.6 Å². The van der Waals surface area contributed by atoms with Gasteiger partial charge in [0.05, 0.1) is 28.4 Å². The van der Waals surface area contributed by atoms with Crippen LogP contribution in [0.3, 0.4) is 0 Å². The first-order chi connectivity index (χ1) is 19.9. The van der Waals surface area contributed by atoms with Crippen LogP contribution < -0.4 is 29.2 Å². The first kappa shape index (κ1) is 28.3. The molecule has 12 heteroatoms. The summed E-state index contributed by atoms with van der Waals surface area (Å²) in [5.41, 5.74) is 2.45. The molecule has 1 unspecified atom stereocenters. The Hall–Kier alpha value is -4.19. The number of carbonyl (C=O) groups is 1. The zero-order valence-corrected chi connectivity index (χ0v) is 24.7. The molecule has 11 nitrogen and oxygen atoms in total. The zero-order valence-electron chi connectivity index (χ0n) is 23.8. The van der Waals surface area contributed by atoms with Gasteiger partial charge in [-0.1, -0.05) is 23.9 Å². The topological polar surface area (TPSA) is 112 Å². The summed E-state index contributed by atoms with van der Waals surface area (Å²) >= 11 is 1.56. The average molecular weight is 579 g/mol. The quantitative estimate of drug-likeness (QED) is 0.275. The van der Waals surface area contributed by atoms with Gasteiger partial charge in [0.2, 0.25) is 10.9 Å². The van der Waals surface area contributed by atoms with Gasteiger partial charge in [0.15, 0.2) is 11.5 Å². The Morgan fingerprint density at radius 2 is 1.73 bits per heavy atom. The molecule has 1 fully saturated rings. The number of thioether (sulfide) groups is 1. The number of amides is 1. The summed E-state index contributed by atoms with van der Waals surface area (Å²) in [5.74, 6) is 4.13. The van der Waals surface area contributed by atoms with E-state index in [1.54, 1.807) is 35.5 Å². The van der Waals surface area contributed by atoms with Crippen molar-refractivity contribution < 1.29 is 23.7 Å². The average Bonchev–Trinajstić information content (AvgIpc) is 3.41. The van der Waals surface area contributed by atoms with Crippen molar-refractivity contribution in [3.05, 3.63) is 59.3 Å². The molecule has 2 aromatic heterocycles. The predicted octanol–water partition coefficient (Wildman–Crippen LogP) is 4.16. The van der Waals surface area contributed by atoms with Crippen LogP contribution in [0.1, 0.15) is 34.5 Å². The molecular weight excluding hydrogens is 544 g/mol. The van der Waals surface area contributed by atoms with Crippen LogP contribution in [0.5, 0.6) is 23.0 Å². The molecule has 1 aliphatic rings. The fourth-order valence-corrected chi connectivity index (χ4v) is 5.66. The van der Waals surface area contributed by atoms with E-state index in [-0.39, 0.29) is 11.9 Å². The van der Waals surface area contributed by atoms with Gasteiger partial charge in [-0.15, -0.1) is 5.10 Å². The molecule has 1 amide bonds. The summed E-state index contributed by atoms with van der Waals surface area (Å²) in [7, 11) is 6.25. The number of piperidine rings is 1. The van der Waals surface area contributed by atoms with E-state index < -0.39 is 0 Å². The molecule has 3 heterocycles. The Kier molecular flexibility index (Phi) is 8.67. The predicted molar refractivity (Wildman–Crippen MR) is 157 cm³/mol. The Labute approximate surface area is 243 Å². The second-order valence-corrected chi connectivity index (χ2v) is 10.6. The first-order valence-corrected chi connectivity index (χ1v) is 14.3. The summed E-state index contributed by atoms with van der Waals surface area (Å²) < 4.78 is 23.3. The summed E-state index contributed by atoms with van der Waals surface area (Å²) in [6.45, 7) is 3.42. The Morgan fingerprint density at radius 3 is 2.39 bits per heavy atom. The van der Waals surface area contributed by atoms with E-state index in [0.29, 0.717) is 40.3 Å². The SMILES string of the molecule is COc1ccc(CSc2nc3nc(C)cc(N4CCCC(NC(=O)c5cc(OC)c(OC)c(OC)c5)C4)n3n2)cc1. The molecule has 41 heavy (non-hydrogen) atoms. The fourth-order valence-electron chi connectivity index (χ4n) is 4.89. The second kappa shape index (κ2) is 12.5. The molecule has 1 aliphatic heterocycles. The van der Waals surface area contributed by atoms with Crippen molar-refractivity contribution in [1.29, 1.82) is 0 Å². The largest absolute Gasteiger partial charge is 0.497 e. The molecular formula is C29H34N6O5S. The number of fused-ring (bicyclic) bond motifs is 1. The van der Waals surface area contributed by atoms with Gasteiger partial charge in [0.1, 0.15) is 11.6 Å². The molecule has 0 saturated carbocycles. The molecule has 5 rings (SSSR count). The van der Waals surface area contributed by atoms with Gasteiger partial charge in [0.25, 0.3) is 11.7 Å². The Bertz CT molecular complexity index is 1500. The summed E-state index contributed by atoms with van der Waals surface area (Å²) in [4.78, 5) is 24.8. The molecule has 1 N–H and O–H groups in total. The van der Waals surface area contributed by atoms with Crippen LogP contribution in [0.15, 0.2) is 47.6 Å². The highest BCUT2D eigenvalue weighted by Crippen LogP contribution is 2.38. The van der Waals surface area contributed by atoms with Crippen LogP contribution in [0.25, 0.3) is 5.78 Å². The van der Waals surface area contributed by atoms with Crippen LogP contribution in [0.4, 0.5) is 5.82 Å². The third-order valence-electron chi connectivity index (χ3n) is 6.94. The van der Waals surface area contributed by atoms with E-state index >= 15 is 0 Å². The van der Waals surface area contributed by atoms with Crippen molar-refractivity contribution in [2.75, 3.05) is 46.4 Å². The third kappa shape index (κ3) is 6.27. The van der Waals surface area contributed by atoms with Crippen molar-refractivity contribution in [1.82, 2.24) is 24.9 Å². The number of hydrogen-bond acceptors (Lipinski definition) is 10. The second-order valence-electron chi connectivity index (χ2n) is 9.67. The summed E-state index contributed by atoms with van der Waals surface area (Å²) in [5, 5.41) is 8.62. The number of rotatable bonds is 10. The van der Waals surface area contributed by atoms with Crippen LogP contribution in [-0.4, -0.2) is 73.1 Å². The number of carbonyl (C=O) groups excluding carboxylic acids is 1. The lowest BCUT2D eigenvalue weighted by molar-refractivity contribution is 0.0932. The van der Waals surface area contributed by atoms with Crippen molar-refractivity contribution in [3.8, 4) is 23.0 Å². The van der Waals surface area contributed by atoms with Gasteiger partial charge >= 0.3 is 0 Å². The van der Waals surface area contributed by atoms with Crippen LogP contribution >= 0.6 is 11.8 Å². The monoisotopic (exact) mass is 578 g/mol. The van der Waals surface area contributed by atoms with E-state index in [9.17, 15) is 4.79 Å². The van der Waals surface area contributed by atoms with Crippen molar-refractivity contribution >= 4 is 29.3 Å².